The number of ether oxygens (including phenoxy) is 1. The van der Waals surface area contributed by atoms with E-state index in [0.717, 1.165) is 41.8 Å². The number of rotatable bonds is 14. The molecule has 8 nitrogen and oxygen atoms in total. The number of carbonyl (C=O) groups excluding carboxylic acids is 1. The van der Waals surface area contributed by atoms with Crippen LogP contribution in [0.4, 0.5) is 4.79 Å². The number of unbranched alkanes of at least 4 members (excludes halogenated alkanes) is 1. The van der Waals surface area contributed by atoms with Crippen LogP contribution in [0.5, 0.6) is 0 Å². The van der Waals surface area contributed by atoms with Gasteiger partial charge in [0.1, 0.15) is 0 Å². The summed E-state index contributed by atoms with van der Waals surface area (Å²) in [4.78, 5) is 26.2. The Morgan fingerprint density at radius 3 is 2.68 bits per heavy atom. The van der Waals surface area contributed by atoms with Gasteiger partial charge in [0.05, 0.1) is 36.5 Å². The first-order valence-corrected chi connectivity index (χ1v) is 13.9. The highest BCUT2D eigenvalue weighted by Crippen LogP contribution is 2.28. The number of carbonyl (C=O) groups is 2. The summed E-state index contributed by atoms with van der Waals surface area (Å²) >= 11 is 1.49. The average molecular weight is 529 g/mol. The van der Waals surface area contributed by atoms with Gasteiger partial charge in [-0.05, 0) is 63.3 Å². The third-order valence-electron chi connectivity index (χ3n) is 6.22. The molecule has 0 aliphatic heterocycles. The first-order valence-electron chi connectivity index (χ1n) is 13.0. The summed E-state index contributed by atoms with van der Waals surface area (Å²) in [6.07, 6.45) is 7.85. The molecule has 0 aliphatic carbocycles. The summed E-state index contributed by atoms with van der Waals surface area (Å²) in [5, 5.41) is 23.4. The highest BCUT2D eigenvalue weighted by Gasteiger charge is 2.25. The van der Waals surface area contributed by atoms with E-state index in [9.17, 15) is 20.0 Å². The first-order chi connectivity index (χ1) is 17.6. The molecule has 1 unspecified atom stereocenters. The fourth-order valence-electron chi connectivity index (χ4n) is 3.89. The molecule has 9 heteroatoms. The molecule has 202 valence electrons. The second-order valence-corrected chi connectivity index (χ2v) is 11.3. The van der Waals surface area contributed by atoms with Crippen molar-refractivity contribution >= 4 is 23.8 Å². The predicted octanol–water partition coefficient (Wildman–Crippen LogP) is 6.31. The van der Waals surface area contributed by atoms with Crippen LogP contribution in [0.2, 0.25) is 0 Å². The molecule has 0 bridgehead atoms. The number of hydrogen-bond acceptors (Lipinski definition) is 6. The summed E-state index contributed by atoms with van der Waals surface area (Å²) < 4.78 is 7.25. The van der Waals surface area contributed by atoms with Crippen LogP contribution in [-0.4, -0.2) is 56.3 Å². The zero-order chi connectivity index (χ0) is 27.4. The Labute approximate surface area is 225 Å². The molecule has 0 aliphatic rings. The van der Waals surface area contributed by atoms with Crippen LogP contribution in [0.25, 0.3) is 5.69 Å². The van der Waals surface area contributed by atoms with Crippen molar-refractivity contribution in [3.05, 3.63) is 41.7 Å². The molecule has 1 aromatic carbocycles. The molecule has 2 aromatic rings. The highest BCUT2D eigenvalue weighted by atomic mass is 32.2. The normalized spacial score (nSPS) is 12.1. The number of hydrogen-bond donors (Lipinski definition) is 1. The quantitative estimate of drug-likeness (QED) is 0.226. The van der Waals surface area contributed by atoms with Crippen molar-refractivity contribution in [1.82, 2.24) is 14.7 Å². The van der Waals surface area contributed by atoms with Crippen LogP contribution < -0.4 is 0 Å². The summed E-state index contributed by atoms with van der Waals surface area (Å²) in [6, 6.07) is 7.55. The van der Waals surface area contributed by atoms with Gasteiger partial charge < -0.3 is 14.7 Å². The Balaban J connectivity index is 2.02. The maximum absolute atomic E-state index is 12.3. The number of nitrogens with zero attached hydrogens (tertiary/aromatic N) is 4. The van der Waals surface area contributed by atoms with Gasteiger partial charge in [0.15, 0.2) is 0 Å². The topological polar surface area (TPSA) is 108 Å². The first kappa shape index (κ1) is 30.2. The zero-order valence-corrected chi connectivity index (χ0v) is 23.5. The smallest absolute Gasteiger partial charge is 0.407 e. The van der Waals surface area contributed by atoms with Crippen LogP contribution in [0.3, 0.4) is 0 Å². The van der Waals surface area contributed by atoms with Crippen LogP contribution >= 0.6 is 11.8 Å². The lowest BCUT2D eigenvalue weighted by Crippen LogP contribution is -2.45. The van der Waals surface area contributed by atoms with Crippen molar-refractivity contribution in [2.24, 2.45) is 5.92 Å². The zero-order valence-electron chi connectivity index (χ0n) is 22.7. The molecule has 0 saturated carbocycles. The Morgan fingerprint density at radius 1 is 1.30 bits per heavy atom. The van der Waals surface area contributed by atoms with E-state index < -0.39 is 11.6 Å². The molecule has 0 saturated heterocycles. The van der Waals surface area contributed by atoms with Crippen molar-refractivity contribution in [2.75, 3.05) is 18.9 Å². The minimum Gasteiger partial charge on any atom is -0.465 e. The molecule has 1 atom stereocenters. The maximum Gasteiger partial charge on any atom is 0.407 e. The van der Waals surface area contributed by atoms with E-state index in [2.05, 4.69) is 25.0 Å². The van der Waals surface area contributed by atoms with Gasteiger partial charge in [-0.1, -0.05) is 33.1 Å². The highest BCUT2D eigenvalue weighted by molar-refractivity contribution is 7.99. The van der Waals surface area contributed by atoms with E-state index in [0.29, 0.717) is 36.8 Å². The van der Waals surface area contributed by atoms with Gasteiger partial charge in [-0.25, -0.2) is 9.48 Å². The molecule has 0 radical (unpaired) electrons. The summed E-state index contributed by atoms with van der Waals surface area (Å²) in [5.74, 6) is 0.735. The lowest BCUT2D eigenvalue weighted by Gasteiger charge is -2.33. The van der Waals surface area contributed by atoms with Crippen LogP contribution in [-0.2, 0) is 16.0 Å². The molecular weight excluding hydrogens is 488 g/mol. The van der Waals surface area contributed by atoms with Gasteiger partial charge >= 0.3 is 12.1 Å². The van der Waals surface area contributed by atoms with Crippen molar-refractivity contribution in [3.63, 3.8) is 0 Å². The van der Waals surface area contributed by atoms with Crippen LogP contribution in [0.15, 0.2) is 35.5 Å². The van der Waals surface area contributed by atoms with E-state index in [1.807, 2.05) is 33.0 Å². The number of benzene rings is 1. The van der Waals surface area contributed by atoms with Crippen molar-refractivity contribution < 1.29 is 19.4 Å². The minimum atomic E-state index is -0.949. The Hall–Kier alpha value is -2.99. The van der Waals surface area contributed by atoms with E-state index in [1.54, 1.807) is 23.0 Å². The fourth-order valence-corrected chi connectivity index (χ4v) is 4.90. The standard InChI is InChI=1S/C28H40N4O4S/c1-6-8-9-21(7-2)20-36-26(33)13-15-37-25-16-22(17-29)10-11-24(25)32-19-23(18-30-32)12-14-31(27(34)35)28(3,4)5/h10-11,16,18-19,21H,6-9,12-15,20H2,1-5H3,(H,34,35). The monoisotopic (exact) mass is 528 g/mol. The number of amides is 1. The van der Waals surface area contributed by atoms with Gasteiger partial charge in [0.2, 0.25) is 0 Å². The van der Waals surface area contributed by atoms with E-state index in [1.165, 1.54) is 16.7 Å². The van der Waals surface area contributed by atoms with Crippen molar-refractivity contribution in [1.29, 1.82) is 5.26 Å². The predicted molar refractivity (Wildman–Crippen MR) is 146 cm³/mol. The van der Waals surface area contributed by atoms with Gasteiger partial charge in [0.25, 0.3) is 0 Å². The van der Waals surface area contributed by atoms with Gasteiger partial charge in [0, 0.05) is 28.9 Å². The number of carboxylic acid groups (broad SMARTS) is 1. The second kappa shape index (κ2) is 14.7. The summed E-state index contributed by atoms with van der Waals surface area (Å²) in [5.41, 5.74) is 1.76. The van der Waals surface area contributed by atoms with E-state index in [4.69, 9.17) is 4.74 Å². The van der Waals surface area contributed by atoms with Crippen LogP contribution in [0, 0.1) is 17.2 Å². The second-order valence-electron chi connectivity index (χ2n) is 10.1. The lowest BCUT2D eigenvalue weighted by molar-refractivity contribution is -0.144. The van der Waals surface area contributed by atoms with Crippen molar-refractivity contribution in [3.8, 4) is 11.8 Å². The third-order valence-corrected chi connectivity index (χ3v) is 7.27. The van der Waals surface area contributed by atoms with Crippen LogP contribution in [0.1, 0.15) is 77.8 Å². The number of nitriles is 1. The Morgan fingerprint density at radius 2 is 2.05 bits per heavy atom. The molecule has 1 N–H and O–H groups in total. The Bertz CT molecular complexity index is 1070. The third kappa shape index (κ3) is 9.77. The molecule has 0 fully saturated rings. The molecule has 37 heavy (non-hydrogen) atoms. The Kier molecular flexibility index (Phi) is 12.0. The summed E-state index contributed by atoms with van der Waals surface area (Å²) in [6.45, 7) is 10.7. The molecular formula is C28H40N4O4S. The molecule has 1 aromatic heterocycles. The summed E-state index contributed by atoms with van der Waals surface area (Å²) in [7, 11) is 0. The average Bonchev–Trinajstić information content (AvgIpc) is 3.31. The molecule has 2 rings (SSSR count). The van der Waals surface area contributed by atoms with Gasteiger partial charge in [-0.15, -0.1) is 11.8 Å². The number of esters is 1. The SMILES string of the molecule is CCCCC(CC)COC(=O)CCSc1cc(C#N)ccc1-n1cc(CCN(C(=O)O)C(C)(C)C)cn1. The van der Waals surface area contributed by atoms with Gasteiger partial charge in [-0.2, -0.15) is 10.4 Å². The van der Waals surface area contributed by atoms with Gasteiger partial charge in [-0.3, -0.25) is 4.79 Å². The van der Waals surface area contributed by atoms with Crippen molar-refractivity contribution in [2.45, 2.75) is 83.6 Å². The fraction of sp³-hybridized carbons (Fsp3) is 0.571. The van der Waals surface area contributed by atoms with E-state index >= 15 is 0 Å². The number of thioether (sulfide) groups is 1. The maximum atomic E-state index is 12.3. The molecule has 1 amide bonds. The molecule has 1 heterocycles. The van der Waals surface area contributed by atoms with E-state index in [-0.39, 0.29) is 12.4 Å². The lowest BCUT2D eigenvalue weighted by atomic mass is 10.0. The number of aromatic nitrogens is 2. The largest absolute Gasteiger partial charge is 0.465 e. The minimum absolute atomic E-state index is 0.205. The molecule has 0 spiro atoms.